The molecule has 1 unspecified atom stereocenters. The van der Waals surface area contributed by atoms with E-state index in [2.05, 4.69) is 32.0 Å². The van der Waals surface area contributed by atoms with E-state index in [-0.39, 0.29) is 34.4 Å². The van der Waals surface area contributed by atoms with Crippen LogP contribution in [0.2, 0.25) is 0 Å². The van der Waals surface area contributed by atoms with E-state index < -0.39 is 12.1 Å². The lowest BCUT2D eigenvalue weighted by molar-refractivity contribution is -0.799. The van der Waals surface area contributed by atoms with Crippen LogP contribution in [0.5, 0.6) is 5.75 Å². The van der Waals surface area contributed by atoms with Crippen molar-refractivity contribution in [3.63, 3.8) is 0 Å². The average Bonchev–Trinajstić information content (AvgIpc) is 3.19. The van der Waals surface area contributed by atoms with Gasteiger partial charge in [-0.1, -0.05) is 46.8 Å². The number of aryl methyl sites for hydroxylation is 2. The van der Waals surface area contributed by atoms with Gasteiger partial charge >= 0.3 is 11.9 Å². The first-order valence-electron chi connectivity index (χ1n) is 12.6. The first-order chi connectivity index (χ1) is 16.6. The number of quaternary nitrogens is 1. The Morgan fingerprint density at radius 1 is 1.06 bits per heavy atom. The summed E-state index contributed by atoms with van der Waals surface area (Å²) in [5.74, 6) is 0.267. The number of carbonyl (C=O) groups is 2. The Kier molecular flexibility index (Phi) is 9.54. The Bertz CT molecular complexity index is 1080. The molecular weight excluding hydrogens is 474 g/mol. The molecule has 0 bridgehead atoms. The number of hydrogen-bond acceptors (Lipinski definition) is 6. The highest BCUT2D eigenvalue weighted by molar-refractivity contribution is 7.14. The van der Waals surface area contributed by atoms with E-state index in [4.69, 9.17) is 9.47 Å². The molecule has 0 saturated heterocycles. The van der Waals surface area contributed by atoms with Crippen molar-refractivity contribution in [2.75, 3.05) is 34.4 Å². The van der Waals surface area contributed by atoms with Crippen molar-refractivity contribution < 1.29 is 28.7 Å². The van der Waals surface area contributed by atoms with E-state index in [9.17, 15) is 14.7 Å². The number of carbonyl (C=O) groups excluding carboxylic acids is 2. The first-order valence-corrected chi connectivity index (χ1v) is 13.4. The number of aliphatic hydroxyl groups excluding tert-OH is 1. The lowest BCUT2D eigenvalue weighted by Crippen LogP contribution is -2.49. The summed E-state index contributed by atoms with van der Waals surface area (Å²) in [5.41, 5.74) is 2.62. The largest absolute Gasteiger partial charge is 0.491 e. The zero-order valence-electron chi connectivity index (χ0n) is 23.7. The summed E-state index contributed by atoms with van der Waals surface area (Å²) in [5, 5.41) is 10.4. The molecule has 0 fully saturated rings. The normalized spacial score (nSPS) is 13.4. The number of nitrogens with zero attached hydrogens (tertiary/aromatic N) is 1. The van der Waals surface area contributed by atoms with Gasteiger partial charge in [0.2, 0.25) is 0 Å². The van der Waals surface area contributed by atoms with Crippen LogP contribution in [0, 0.1) is 19.3 Å². The standard InChI is InChI=1S/C29H44NO5S/c1-11-29(12-2,21-13-14-22(19(3)15-21)35-18-23(31)28(5,6)7)24-16-20(4)26(36-24)27(33)30(8,9)17-25(32)34-10/h13-16,23,31H,11-12,17-18H2,1-10H3/q+1. The van der Waals surface area contributed by atoms with E-state index >= 15 is 0 Å². The lowest BCUT2D eigenvalue weighted by atomic mass is 9.74. The predicted molar refractivity (Wildman–Crippen MR) is 146 cm³/mol. The Labute approximate surface area is 220 Å². The van der Waals surface area contributed by atoms with Crippen molar-refractivity contribution in [1.82, 2.24) is 0 Å². The fourth-order valence-electron chi connectivity index (χ4n) is 4.34. The summed E-state index contributed by atoms with van der Waals surface area (Å²) in [6.07, 6.45) is 1.19. The molecule has 0 aliphatic heterocycles. The third-order valence-corrected chi connectivity index (χ3v) is 8.65. The maximum atomic E-state index is 13.4. The molecule has 7 heteroatoms. The van der Waals surface area contributed by atoms with Crippen LogP contribution in [0.3, 0.4) is 0 Å². The topological polar surface area (TPSA) is 72.8 Å². The number of ether oxygens (including phenoxy) is 2. The molecule has 0 radical (unpaired) electrons. The van der Waals surface area contributed by atoms with Gasteiger partial charge in [-0.25, -0.2) is 9.59 Å². The Hall–Kier alpha value is -2.22. The quantitative estimate of drug-likeness (QED) is 0.325. The Balaban J connectivity index is 2.42. The average molecular weight is 519 g/mol. The number of rotatable bonds is 10. The van der Waals surface area contributed by atoms with Gasteiger partial charge in [-0.05, 0) is 60.9 Å². The molecule has 1 heterocycles. The summed E-state index contributed by atoms with van der Waals surface area (Å²) in [6, 6.07) is 8.39. The fraction of sp³-hybridized carbons (Fsp3) is 0.586. The number of thiophene rings is 1. The zero-order chi connectivity index (χ0) is 27.5. The Morgan fingerprint density at radius 2 is 1.67 bits per heavy atom. The lowest BCUT2D eigenvalue weighted by Gasteiger charge is -2.32. The molecule has 1 aromatic carbocycles. The molecule has 200 valence electrons. The Morgan fingerprint density at radius 3 is 2.17 bits per heavy atom. The number of hydrogen-bond donors (Lipinski definition) is 1. The van der Waals surface area contributed by atoms with Crippen LogP contribution in [-0.4, -0.2) is 61.9 Å². The number of likely N-dealkylation sites (N-methyl/N-ethyl adjacent to an activating group) is 1. The second kappa shape index (κ2) is 11.4. The van der Waals surface area contributed by atoms with Crippen LogP contribution >= 0.6 is 11.3 Å². The second-order valence-corrected chi connectivity index (χ2v) is 12.4. The van der Waals surface area contributed by atoms with Gasteiger partial charge in [0.1, 0.15) is 17.2 Å². The summed E-state index contributed by atoms with van der Waals surface area (Å²) in [7, 11) is 4.82. The highest BCUT2D eigenvalue weighted by atomic mass is 32.1. The van der Waals surface area contributed by atoms with Crippen LogP contribution in [0.1, 0.15) is 78.7 Å². The number of benzene rings is 1. The molecule has 1 amide bonds. The maximum Gasteiger partial charge on any atom is 0.362 e. The van der Waals surface area contributed by atoms with Crippen molar-refractivity contribution >= 4 is 23.2 Å². The summed E-state index contributed by atoms with van der Waals surface area (Å²) >= 11 is 1.53. The van der Waals surface area contributed by atoms with Crippen LogP contribution in [0.25, 0.3) is 0 Å². The molecule has 0 aliphatic carbocycles. The van der Waals surface area contributed by atoms with Gasteiger partial charge in [0.15, 0.2) is 6.54 Å². The number of esters is 1. The highest BCUT2D eigenvalue weighted by Crippen LogP contribution is 2.44. The molecule has 2 rings (SSSR count). The van der Waals surface area contributed by atoms with Gasteiger partial charge in [0.05, 0.1) is 27.3 Å². The van der Waals surface area contributed by atoms with E-state index in [0.29, 0.717) is 4.88 Å². The molecular formula is C29H44NO5S+. The van der Waals surface area contributed by atoms with Gasteiger partial charge in [0, 0.05) is 10.3 Å². The molecule has 1 atom stereocenters. The molecule has 1 aromatic heterocycles. The highest BCUT2D eigenvalue weighted by Gasteiger charge is 2.38. The molecule has 0 aliphatic rings. The second-order valence-electron chi connectivity index (χ2n) is 11.3. The number of aliphatic hydroxyl groups is 1. The van der Waals surface area contributed by atoms with E-state index in [0.717, 1.165) is 34.6 Å². The van der Waals surface area contributed by atoms with Gasteiger partial charge in [-0.15, -0.1) is 11.3 Å². The summed E-state index contributed by atoms with van der Waals surface area (Å²) in [6.45, 7) is 14.5. The zero-order valence-corrected chi connectivity index (χ0v) is 24.5. The van der Waals surface area contributed by atoms with Crippen molar-refractivity contribution in [1.29, 1.82) is 0 Å². The van der Waals surface area contributed by atoms with Gasteiger partial charge in [-0.2, -0.15) is 0 Å². The van der Waals surface area contributed by atoms with Crippen LogP contribution in [-0.2, 0) is 14.9 Å². The fourth-order valence-corrected chi connectivity index (χ4v) is 5.95. The third kappa shape index (κ3) is 6.36. The van der Waals surface area contributed by atoms with Gasteiger partial charge < -0.3 is 14.6 Å². The first kappa shape index (κ1) is 30.0. The SMILES string of the molecule is CCC(CC)(c1ccc(OCC(O)C(C)(C)C)c(C)c1)c1cc(C)c(C(=O)[N+](C)(C)CC(=O)OC)s1. The van der Waals surface area contributed by atoms with E-state index in [1.54, 1.807) is 14.1 Å². The number of amides is 1. The van der Waals surface area contributed by atoms with Crippen molar-refractivity contribution in [3.8, 4) is 5.75 Å². The minimum atomic E-state index is -0.561. The summed E-state index contributed by atoms with van der Waals surface area (Å²) in [4.78, 5) is 27.1. The van der Waals surface area contributed by atoms with Gasteiger partial charge in [0.25, 0.3) is 0 Å². The maximum absolute atomic E-state index is 13.4. The van der Waals surface area contributed by atoms with Crippen molar-refractivity contribution in [3.05, 3.63) is 50.7 Å². The van der Waals surface area contributed by atoms with Crippen molar-refractivity contribution in [2.45, 2.75) is 72.8 Å². The number of methoxy groups -OCH3 is 1. The van der Waals surface area contributed by atoms with Crippen LogP contribution in [0.4, 0.5) is 0 Å². The van der Waals surface area contributed by atoms with Crippen molar-refractivity contribution in [2.24, 2.45) is 5.41 Å². The monoisotopic (exact) mass is 518 g/mol. The van der Waals surface area contributed by atoms with Crippen LogP contribution < -0.4 is 4.74 Å². The third-order valence-electron chi connectivity index (χ3n) is 7.22. The molecule has 0 spiro atoms. The summed E-state index contributed by atoms with van der Waals surface area (Å²) < 4.78 is 10.7. The predicted octanol–water partition coefficient (Wildman–Crippen LogP) is 5.65. The molecule has 0 saturated carbocycles. The minimum absolute atomic E-state index is 0.0146. The minimum Gasteiger partial charge on any atom is -0.491 e. The van der Waals surface area contributed by atoms with Crippen LogP contribution in [0.15, 0.2) is 24.3 Å². The smallest absolute Gasteiger partial charge is 0.362 e. The molecule has 36 heavy (non-hydrogen) atoms. The molecule has 2 aromatic rings. The van der Waals surface area contributed by atoms with E-state index in [1.165, 1.54) is 24.0 Å². The molecule has 6 nitrogen and oxygen atoms in total. The molecule has 1 N–H and O–H groups in total. The van der Waals surface area contributed by atoms with Gasteiger partial charge in [-0.3, -0.25) is 4.48 Å². The van der Waals surface area contributed by atoms with E-state index in [1.807, 2.05) is 40.7 Å².